The number of hydrogen-bond donors (Lipinski definition) is 0. The Morgan fingerprint density at radius 1 is 0.232 bits per heavy atom. The maximum absolute atomic E-state index is 5.06. The van der Waals surface area contributed by atoms with E-state index >= 15 is 0 Å². The fraction of sp³-hybridized carbons (Fsp3) is 0. The summed E-state index contributed by atoms with van der Waals surface area (Å²) in [6.45, 7) is 0. The van der Waals surface area contributed by atoms with Crippen molar-refractivity contribution in [1.29, 1.82) is 0 Å². The number of para-hydroxylation sites is 4. The van der Waals surface area contributed by atoms with Gasteiger partial charge in [0.15, 0.2) is 0 Å². The molecule has 6 aromatic heterocycles. The van der Waals surface area contributed by atoms with Gasteiger partial charge in [-0.3, -0.25) is 18.8 Å². The van der Waals surface area contributed by atoms with Gasteiger partial charge in [0.05, 0.1) is 44.1 Å². The Balaban J connectivity index is 0.000000165. The molecule has 0 amide bonds. The van der Waals surface area contributed by atoms with Gasteiger partial charge in [-0.1, -0.05) is 176 Å². The van der Waals surface area contributed by atoms with E-state index in [9.17, 15) is 0 Å². The number of benzene rings is 12. The smallest absolute Gasteiger partial charge is 0.147 e. The lowest BCUT2D eigenvalue weighted by Crippen LogP contribution is -1.94. The largest absolute Gasteiger partial charge is 0.292 e. The van der Waals surface area contributed by atoms with Gasteiger partial charge in [0.2, 0.25) is 0 Å². The third-order valence-electron chi connectivity index (χ3n) is 16.7. The van der Waals surface area contributed by atoms with Crippen LogP contribution in [0.15, 0.2) is 279 Å². The molecule has 0 aliphatic rings. The molecule has 12 aromatic carbocycles. The van der Waals surface area contributed by atoms with Crippen molar-refractivity contribution in [2.75, 3.05) is 0 Å². The van der Waals surface area contributed by atoms with Crippen molar-refractivity contribution in [3.05, 3.63) is 279 Å². The molecule has 380 valence electrons. The standard InChI is InChI=1S/C52H31N3.C24H15N3/c1-3-12-34-28-38(21-19-32(34)10-1)49-40-14-5-6-15-41(40)50(39-22-20-33-11-2-4-13-35(33)29-39)44-30-36(23-25-42(44)49)37-24-26-47-45(31-37)51-43(16-9-27-53-51)52-54-46-17-7-8-18-48(46)55(47)52;1-2-7-16(8-3-1)17-12-13-21-19(15-17)23-18(9-6-14-25-23)24-26-20-10-4-5-11-22(20)27(21)24/h1-31H;1-15H. The fourth-order valence-corrected chi connectivity index (χ4v) is 13.0. The Hall–Kier alpha value is -11.1. The van der Waals surface area contributed by atoms with Gasteiger partial charge in [0, 0.05) is 33.9 Å². The Labute approximate surface area is 470 Å². The lowest BCUT2D eigenvalue weighted by molar-refractivity contribution is 1.30. The second-order valence-electron chi connectivity index (χ2n) is 21.3. The highest BCUT2D eigenvalue weighted by Crippen LogP contribution is 2.46. The van der Waals surface area contributed by atoms with E-state index in [1.54, 1.807) is 0 Å². The van der Waals surface area contributed by atoms with E-state index in [0.717, 1.165) is 88.1 Å². The monoisotopic (exact) mass is 1040 g/mol. The van der Waals surface area contributed by atoms with Crippen LogP contribution in [0.1, 0.15) is 0 Å². The van der Waals surface area contributed by atoms with E-state index < -0.39 is 0 Å². The van der Waals surface area contributed by atoms with E-state index in [2.05, 4.69) is 251 Å². The van der Waals surface area contributed by atoms with Crippen molar-refractivity contribution in [3.8, 4) is 44.5 Å². The second kappa shape index (κ2) is 18.2. The second-order valence-corrected chi connectivity index (χ2v) is 21.3. The van der Waals surface area contributed by atoms with Crippen LogP contribution in [0, 0.1) is 0 Å². The van der Waals surface area contributed by atoms with Gasteiger partial charge >= 0.3 is 0 Å². The quantitative estimate of drug-likeness (QED) is 0.130. The summed E-state index contributed by atoms with van der Waals surface area (Å²) in [7, 11) is 0. The highest BCUT2D eigenvalue weighted by atomic mass is 15.0. The van der Waals surface area contributed by atoms with Crippen LogP contribution in [0.5, 0.6) is 0 Å². The molecule has 0 fully saturated rings. The zero-order valence-corrected chi connectivity index (χ0v) is 44.2. The van der Waals surface area contributed by atoms with Gasteiger partial charge in [-0.05, 0) is 179 Å². The van der Waals surface area contributed by atoms with Crippen LogP contribution >= 0.6 is 0 Å². The minimum atomic E-state index is 0.934. The zero-order chi connectivity index (χ0) is 53.8. The highest BCUT2D eigenvalue weighted by Gasteiger charge is 2.21. The average molecular weight is 1040 g/mol. The zero-order valence-electron chi connectivity index (χ0n) is 44.2. The number of hydrogen-bond acceptors (Lipinski definition) is 4. The van der Waals surface area contributed by atoms with Crippen LogP contribution < -0.4 is 0 Å². The van der Waals surface area contributed by atoms with E-state index in [0.29, 0.717) is 0 Å². The fourth-order valence-electron chi connectivity index (χ4n) is 13.0. The number of pyridine rings is 4. The van der Waals surface area contributed by atoms with E-state index in [1.165, 1.54) is 76.5 Å². The SMILES string of the molecule is c1ccc(-c2ccc3c(c2)c2ncccc2c2nc4ccccc4n32)cc1.c1ccc2cc(-c3c4ccccc4c(-c4ccc5ccccc5c4)c4cc(-c5ccc6c(c5)c5ncccc5c5nc7ccccc7n65)ccc34)ccc2c1. The van der Waals surface area contributed by atoms with E-state index in [-0.39, 0.29) is 0 Å². The van der Waals surface area contributed by atoms with Crippen LogP contribution in [-0.2, 0) is 0 Å². The molecule has 0 aliphatic carbocycles. The minimum absolute atomic E-state index is 0.934. The summed E-state index contributed by atoms with van der Waals surface area (Å²) in [5, 5.41) is 14.3. The first kappa shape index (κ1) is 45.9. The summed E-state index contributed by atoms with van der Waals surface area (Å²) in [5.41, 5.74) is 19.9. The molecule has 0 radical (unpaired) electrons. The molecule has 18 aromatic rings. The molecule has 0 saturated carbocycles. The summed E-state index contributed by atoms with van der Waals surface area (Å²) < 4.78 is 4.54. The first-order valence-electron chi connectivity index (χ1n) is 27.8. The van der Waals surface area contributed by atoms with Gasteiger partial charge in [0.25, 0.3) is 0 Å². The Bertz CT molecular complexity index is 5660. The molecule has 0 saturated heterocycles. The van der Waals surface area contributed by atoms with Gasteiger partial charge in [-0.25, -0.2) is 9.97 Å². The molecule has 0 atom stereocenters. The lowest BCUT2D eigenvalue weighted by Gasteiger charge is -2.19. The molecule has 82 heavy (non-hydrogen) atoms. The van der Waals surface area contributed by atoms with E-state index in [4.69, 9.17) is 19.9 Å². The van der Waals surface area contributed by atoms with Crippen molar-refractivity contribution in [1.82, 2.24) is 28.7 Å². The van der Waals surface area contributed by atoms with Crippen molar-refractivity contribution >= 4 is 120 Å². The molecule has 6 heteroatoms. The lowest BCUT2D eigenvalue weighted by atomic mass is 9.84. The van der Waals surface area contributed by atoms with Crippen LogP contribution in [0.2, 0.25) is 0 Å². The van der Waals surface area contributed by atoms with Crippen molar-refractivity contribution in [2.24, 2.45) is 0 Å². The predicted octanol–water partition coefficient (Wildman–Crippen LogP) is 19.7. The van der Waals surface area contributed by atoms with Crippen molar-refractivity contribution in [2.45, 2.75) is 0 Å². The Kier molecular flexibility index (Phi) is 10.2. The molecule has 18 rings (SSSR count). The first-order valence-corrected chi connectivity index (χ1v) is 27.8. The summed E-state index contributed by atoms with van der Waals surface area (Å²) in [4.78, 5) is 19.6. The van der Waals surface area contributed by atoms with E-state index in [1.807, 2.05) is 36.7 Å². The number of aromatic nitrogens is 6. The molecule has 0 spiro atoms. The topological polar surface area (TPSA) is 60.4 Å². The molecule has 6 heterocycles. The summed E-state index contributed by atoms with van der Waals surface area (Å²) in [5.74, 6) is 0. The van der Waals surface area contributed by atoms with Gasteiger partial charge in [-0.2, -0.15) is 0 Å². The van der Waals surface area contributed by atoms with Crippen LogP contribution in [-0.4, -0.2) is 28.7 Å². The average Bonchev–Trinajstić information content (AvgIpc) is 2.13. The Morgan fingerprint density at radius 2 is 0.634 bits per heavy atom. The molecular weight excluding hydrogens is 997 g/mol. The molecule has 6 nitrogen and oxygen atoms in total. The van der Waals surface area contributed by atoms with Gasteiger partial charge < -0.3 is 0 Å². The summed E-state index contributed by atoms with van der Waals surface area (Å²) in [6.07, 6.45) is 3.75. The molecule has 0 N–H and O–H groups in total. The molecule has 0 aliphatic heterocycles. The van der Waals surface area contributed by atoms with Crippen molar-refractivity contribution in [3.63, 3.8) is 0 Å². The maximum atomic E-state index is 5.06. The summed E-state index contributed by atoms with van der Waals surface area (Å²) >= 11 is 0. The minimum Gasteiger partial charge on any atom is -0.292 e. The van der Waals surface area contributed by atoms with Crippen LogP contribution in [0.3, 0.4) is 0 Å². The molecule has 0 unspecified atom stereocenters. The van der Waals surface area contributed by atoms with Crippen molar-refractivity contribution < 1.29 is 0 Å². The Morgan fingerprint density at radius 3 is 1.18 bits per heavy atom. The molecular formula is C76H46N6. The predicted molar refractivity (Wildman–Crippen MR) is 343 cm³/mol. The van der Waals surface area contributed by atoms with Crippen LogP contribution in [0.25, 0.3) is 165 Å². The van der Waals surface area contributed by atoms with Crippen LogP contribution in [0.4, 0.5) is 0 Å². The summed E-state index contributed by atoms with van der Waals surface area (Å²) in [6, 6.07) is 95.9. The maximum Gasteiger partial charge on any atom is 0.147 e. The third kappa shape index (κ3) is 7.15. The highest BCUT2D eigenvalue weighted by molar-refractivity contribution is 6.23. The number of nitrogens with zero attached hydrogens (tertiary/aromatic N) is 6. The first-order chi connectivity index (χ1) is 40.7. The third-order valence-corrected chi connectivity index (χ3v) is 16.7. The normalized spacial score (nSPS) is 11.9. The molecule has 0 bridgehead atoms. The number of fused-ring (bicyclic) bond motifs is 20. The number of imidazole rings is 2. The van der Waals surface area contributed by atoms with Gasteiger partial charge in [-0.15, -0.1) is 0 Å². The number of rotatable bonds is 4. The van der Waals surface area contributed by atoms with Gasteiger partial charge in [0.1, 0.15) is 11.3 Å².